The molecule has 4 heteroatoms. The first-order valence-corrected chi connectivity index (χ1v) is 38.5. The van der Waals surface area contributed by atoms with Gasteiger partial charge in [0.05, 0.1) is 44.1 Å². The van der Waals surface area contributed by atoms with Crippen molar-refractivity contribution in [3.05, 3.63) is 437 Å². The van der Waals surface area contributed by atoms with Crippen LogP contribution >= 0.6 is 0 Å². The molecule has 22 rings (SSSR count). The Bertz CT molecular complexity index is 6850. The minimum Gasteiger partial charge on any atom is -0.309 e. The molecule has 0 radical (unpaired) electrons. The van der Waals surface area contributed by atoms with E-state index in [9.17, 15) is 0 Å². The van der Waals surface area contributed by atoms with Crippen molar-refractivity contribution in [1.29, 1.82) is 0 Å². The van der Waals surface area contributed by atoms with Crippen LogP contribution in [0.15, 0.2) is 437 Å². The molecule has 0 saturated heterocycles. The number of fused-ring (bicyclic) bond motifs is 12. The lowest BCUT2D eigenvalue weighted by molar-refractivity contribution is 1.18. The Morgan fingerprint density at radius 3 is 0.500 bits per heavy atom. The largest absolute Gasteiger partial charge is 0.309 e. The van der Waals surface area contributed by atoms with Crippen molar-refractivity contribution < 1.29 is 0 Å². The maximum atomic E-state index is 2.40. The predicted molar refractivity (Wildman–Crippen MR) is 474 cm³/mol. The zero-order valence-corrected chi connectivity index (χ0v) is 61.4. The SMILES string of the molecule is c1ccc(-c2ccc(-n3c4ccccc4c4cc(-c5ccc6c(c5)c5ccccc5n6-c5ccc(-c6ccccc6)cc5)ccc43)cc2)cc1.c1ccc(-c2cccc(-c3ccc(-n4c5ccccc5c5cc(-c6ccc7c(c6)c6ccccc6n7-c6ccc(-c7cccc(-c8ccccc8)c7)cc6)ccc54)cc3)c2)cc1. The summed E-state index contributed by atoms with van der Waals surface area (Å²) in [7, 11) is 0. The molecule has 112 heavy (non-hydrogen) atoms. The smallest absolute Gasteiger partial charge is 0.0541 e. The van der Waals surface area contributed by atoms with E-state index in [1.165, 1.54) is 176 Å². The Morgan fingerprint density at radius 2 is 0.259 bits per heavy atom. The summed E-state index contributed by atoms with van der Waals surface area (Å²) in [6.07, 6.45) is 0. The molecule has 0 spiro atoms. The van der Waals surface area contributed by atoms with Crippen LogP contribution in [0.1, 0.15) is 0 Å². The van der Waals surface area contributed by atoms with Gasteiger partial charge in [0.2, 0.25) is 0 Å². The molecule has 0 saturated carbocycles. The van der Waals surface area contributed by atoms with E-state index in [0.29, 0.717) is 0 Å². The van der Waals surface area contributed by atoms with E-state index < -0.39 is 0 Å². The van der Waals surface area contributed by atoms with E-state index in [1.807, 2.05) is 0 Å². The highest BCUT2D eigenvalue weighted by atomic mass is 15.0. The van der Waals surface area contributed by atoms with Gasteiger partial charge in [0.15, 0.2) is 0 Å². The molecular formula is C108H72N4. The number of rotatable bonds is 12. The summed E-state index contributed by atoms with van der Waals surface area (Å²) >= 11 is 0. The second-order valence-corrected chi connectivity index (χ2v) is 29.2. The Balaban J connectivity index is 0.000000145. The highest BCUT2D eigenvalue weighted by Crippen LogP contribution is 2.43. The number of benzene rings is 18. The van der Waals surface area contributed by atoms with Crippen LogP contribution in [-0.2, 0) is 0 Å². The van der Waals surface area contributed by atoms with Crippen molar-refractivity contribution in [3.8, 4) is 112 Å². The third-order valence-corrected chi connectivity index (χ3v) is 22.7. The number of hydrogen-bond acceptors (Lipinski definition) is 0. The molecule has 22 aromatic rings. The van der Waals surface area contributed by atoms with Crippen LogP contribution in [-0.4, -0.2) is 18.3 Å². The minimum atomic E-state index is 1.15. The van der Waals surface area contributed by atoms with Crippen molar-refractivity contribution in [1.82, 2.24) is 18.3 Å². The van der Waals surface area contributed by atoms with Gasteiger partial charge in [-0.15, -0.1) is 0 Å². The topological polar surface area (TPSA) is 19.7 Å². The lowest BCUT2D eigenvalue weighted by atomic mass is 9.99. The number of aromatic nitrogens is 4. The van der Waals surface area contributed by atoms with Crippen LogP contribution in [0.25, 0.3) is 199 Å². The molecular weight excluding hydrogens is 1350 g/mol. The fourth-order valence-corrected chi connectivity index (χ4v) is 17.2. The van der Waals surface area contributed by atoms with E-state index in [4.69, 9.17) is 0 Å². The molecule has 18 aromatic carbocycles. The highest BCUT2D eigenvalue weighted by molar-refractivity contribution is 6.15. The summed E-state index contributed by atoms with van der Waals surface area (Å²) in [6.45, 7) is 0. The standard InChI is InChI=1S/C60H40N2.C48H32N2/c1-3-13-41(14-4-1)45-17-11-19-47(37-45)43-25-31-51(32-26-43)61-57-23-9-7-21-53(57)55-39-49(29-35-59(55)61)50-30-36-60-56(40-50)54-22-8-10-24-58(54)62(60)52-33-27-44(28-34-52)48-20-12-18-46(38-48)42-15-5-2-6-16-42;1-3-11-33(12-4-1)35-19-25-39(26-20-35)49-45-17-9-7-15-41(45)43-31-37(23-29-47(43)49)38-24-30-48-44(32-38)42-16-8-10-18-46(42)50(48)40-27-21-36(22-28-40)34-13-5-2-6-14-34/h1-40H;1-32H. The summed E-state index contributed by atoms with van der Waals surface area (Å²) in [4.78, 5) is 0. The summed E-state index contributed by atoms with van der Waals surface area (Å²) < 4.78 is 9.59. The van der Waals surface area contributed by atoms with E-state index in [0.717, 1.165) is 22.7 Å². The van der Waals surface area contributed by atoms with Crippen LogP contribution in [0.2, 0.25) is 0 Å². The molecule has 0 aliphatic heterocycles. The molecule has 0 aliphatic carbocycles. The Morgan fingerprint density at radius 1 is 0.0982 bits per heavy atom. The van der Waals surface area contributed by atoms with Gasteiger partial charge in [-0.2, -0.15) is 0 Å². The normalized spacial score (nSPS) is 11.6. The minimum absolute atomic E-state index is 1.15. The second-order valence-electron chi connectivity index (χ2n) is 29.2. The zero-order valence-electron chi connectivity index (χ0n) is 61.4. The summed E-state index contributed by atoms with van der Waals surface area (Å²) in [5.74, 6) is 0. The summed E-state index contributed by atoms with van der Waals surface area (Å²) in [5.41, 5.74) is 33.7. The van der Waals surface area contributed by atoms with E-state index >= 15 is 0 Å². The van der Waals surface area contributed by atoms with Gasteiger partial charge in [-0.1, -0.05) is 303 Å². The van der Waals surface area contributed by atoms with E-state index in [2.05, 4.69) is 455 Å². The monoisotopic (exact) mass is 1420 g/mol. The van der Waals surface area contributed by atoms with Gasteiger partial charge in [-0.05, 0) is 222 Å². The third-order valence-electron chi connectivity index (χ3n) is 22.7. The van der Waals surface area contributed by atoms with Crippen molar-refractivity contribution in [2.24, 2.45) is 0 Å². The Labute approximate surface area is 649 Å². The molecule has 0 amide bonds. The quantitative estimate of drug-likeness (QED) is 0.116. The van der Waals surface area contributed by atoms with Gasteiger partial charge in [-0.3, -0.25) is 0 Å². The van der Waals surface area contributed by atoms with Crippen molar-refractivity contribution >= 4 is 87.2 Å². The van der Waals surface area contributed by atoms with Crippen LogP contribution in [0.4, 0.5) is 0 Å². The average molecular weight is 1430 g/mol. The van der Waals surface area contributed by atoms with Gasteiger partial charge in [0.25, 0.3) is 0 Å². The van der Waals surface area contributed by atoms with Crippen LogP contribution in [0, 0.1) is 0 Å². The van der Waals surface area contributed by atoms with Crippen molar-refractivity contribution in [2.45, 2.75) is 0 Å². The molecule has 4 nitrogen and oxygen atoms in total. The molecule has 0 aliphatic rings. The number of hydrogen-bond donors (Lipinski definition) is 0. The maximum Gasteiger partial charge on any atom is 0.0541 e. The molecule has 0 bridgehead atoms. The lowest BCUT2D eigenvalue weighted by Crippen LogP contribution is -1.94. The Hall–Kier alpha value is -14.8. The van der Waals surface area contributed by atoms with Gasteiger partial charge >= 0.3 is 0 Å². The maximum absolute atomic E-state index is 2.40. The number of nitrogens with zero attached hydrogens (tertiary/aromatic N) is 4. The van der Waals surface area contributed by atoms with E-state index in [1.54, 1.807) is 0 Å². The fourth-order valence-electron chi connectivity index (χ4n) is 17.2. The number of para-hydroxylation sites is 4. The molecule has 0 atom stereocenters. The molecule has 0 unspecified atom stereocenters. The summed E-state index contributed by atoms with van der Waals surface area (Å²) in [5, 5.41) is 10.0. The summed E-state index contributed by atoms with van der Waals surface area (Å²) in [6, 6.07) is 159. The molecule has 4 heterocycles. The van der Waals surface area contributed by atoms with Crippen LogP contribution < -0.4 is 0 Å². The third kappa shape index (κ3) is 11.6. The zero-order chi connectivity index (χ0) is 74.0. The first kappa shape index (κ1) is 65.5. The molecule has 0 N–H and O–H groups in total. The molecule has 524 valence electrons. The second kappa shape index (κ2) is 27.7. The van der Waals surface area contributed by atoms with Gasteiger partial charge in [0, 0.05) is 65.8 Å². The predicted octanol–water partition coefficient (Wildman–Crippen LogP) is 29.1. The average Bonchev–Trinajstić information content (AvgIpc) is 1.60. The molecule has 4 aromatic heterocycles. The lowest BCUT2D eigenvalue weighted by Gasteiger charge is -2.11. The first-order valence-electron chi connectivity index (χ1n) is 38.5. The van der Waals surface area contributed by atoms with Crippen molar-refractivity contribution in [3.63, 3.8) is 0 Å². The van der Waals surface area contributed by atoms with E-state index in [-0.39, 0.29) is 0 Å². The van der Waals surface area contributed by atoms with Crippen LogP contribution in [0.5, 0.6) is 0 Å². The van der Waals surface area contributed by atoms with Gasteiger partial charge in [0.1, 0.15) is 0 Å². The van der Waals surface area contributed by atoms with Gasteiger partial charge in [-0.25, -0.2) is 0 Å². The van der Waals surface area contributed by atoms with Crippen LogP contribution in [0.3, 0.4) is 0 Å². The Kier molecular flexibility index (Phi) is 16.2. The first-order chi connectivity index (χ1) is 55.5. The molecule has 0 fully saturated rings. The van der Waals surface area contributed by atoms with Gasteiger partial charge < -0.3 is 18.3 Å². The fraction of sp³-hybridized carbons (Fsp3) is 0. The van der Waals surface area contributed by atoms with Crippen molar-refractivity contribution in [2.75, 3.05) is 0 Å². The highest BCUT2D eigenvalue weighted by Gasteiger charge is 2.20.